The van der Waals surface area contributed by atoms with E-state index in [4.69, 9.17) is 0 Å². The molecule has 3 aromatic rings. The predicted octanol–water partition coefficient (Wildman–Crippen LogP) is 4.74. The summed E-state index contributed by atoms with van der Waals surface area (Å²) < 4.78 is 15.4. The highest BCUT2D eigenvalue weighted by atomic mass is 32.2. The van der Waals surface area contributed by atoms with E-state index in [2.05, 4.69) is 20.1 Å². The molecular formula is C24H26FN5OS. The van der Waals surface area contributed by atoms with Crippen LogP contribution >= 0.6 is 11.8 Å². The van der Waals surface area contributed by atoms with Gasteiger partial charge in [-0.05, 0) is 68.0 Å². The molecule has 1 saturated carbocycles. The molecule has 2 aromatic heterocycles. The van der Waals surface area contributed by atoms with Gasteiger partial charge in [0.2, 0.25) is 5.91 Å². The molecule has 1 amide bonds. The maximum absolute atomic E-state index is 13.5. The molecular weight excluding hydrogens is 425 g/mol. The van der Waals surface area contributed by atoms with E-state index in [0.717, 1.165) is 30.6 Å². The molecule has 0 spiro atoms. The summed E-state index contributed by atoms with van der Waals surface area (Å²) in [4.78, 5) is 19.4. The average Bonchev–Trinajstić information content (AvgIpc) is 3.27. The van der Waals surface area contributed by atoms with Crippen LogP contribution in [0.25, 0.3) is 17.1 Å². The summed E-state index contributed by atoms with van der Waals surface area (Å²) in [5.41, 5.74) is 1.61. The smallest absolute Gasteiger partial charge is 0.233 e. The second-order valence-electron chi connectivity index (χ2n) is 8.48. The van der Waals surface area contributed by atoms with Crippen LogP contribution in [0.3, 0.4) is 0 Å². The fourth-order valence-electron chi connectivity index (χ4n) is 5.02. The van der Waals surface area contributed by atoms with Crippen molar-refractivity contribution in [2.75, 3.05) is 12.3 Å². The molecule has 2 fully saturated rings. The zero-order chi connectivity index (χ0) is 21.9. The minimum absolute atomic E-state index is 0.172. The molecule has 1 aliphatic heterocycles. The Morgan fingerprint density at radius 1 is 1.00 bits per heavy atom. The van der Waals surface area contributed by atoms with Gasteiger partial charge >= 0.3 is 0 Å². The Kier molecular flexibility index (Phi) is 6.21. The van der Waals surface area contributed by atoms with Crippen molar-refractivity contribution >= 4 is 17.7 Å². The molecule has 1 aromatic carbocycles. The summed E-state index contributed by atoms with van der Waals surface area (Å²) in [7, 11) is 0. The first-order valence-corrected chi connectivity index (χ1v) is 12.2. The van der Waals surface area contributed by atoms with E-state index in [1.54, 1.807) is 24.5 Å². The molecule has 2 atom stereocenters. The van der Waals surface area contributed by atoms with Crippen molar-refractivity contribution < 1.29 is 9.18 Å². The van der Waals surface area contributed by atoms with Crippen LogP contribution in [0.5, 0.6) is 0 Å². The number of rotatable bonds is 5. The third-order valence-electron chi connectivity index (χ3n) is 6.55. The number of carbonyl (C=O) groups is 1. The first-order valence-electron chi connectivity index (χ1n) is 11.2. The predicted molar refractivity (Wildman–Crippen MR) is 122 cm³/mol. The maximum Gasteiger partial charge on any atom is 0.233 e. The fourth-order valence-corrected chi connectivity index (χ4v) is 5.86. The molecule has 0 unspecified atom stereocenters. The molecule has 8 heteroatoms. The van der Waals surface area contributed by atoms with E-state index in [9.17, 15) is 9.18 Å². The molecule has 0 bridgehead atoms. The largest absolute Gasteiger partial charge is 0.339 e. The Balaban J connectivity index is 1.39. The SMILES string of the molecule is O=C(CSc1nnc(-c2ccncc2)n1-c1ccc(F)cc1)N1CCC[C@H]2CCCC[C@@H]21. The molecule has 32 heavy (non-hydrogen) atoms. The highest BCUT2D eigenvalue weighted by Gasteiger charge is 2.35. The van der Waals surface area contributed by atoms with Crippen LogP contribution in [0.1, 0.15) is 38.5 Å². The highest BCUT2D eigenvalue weighted by molar-refractivity contribution is 7.99. The molecule has 1 aliphatic carbocycles. The van der Waals surface area contributed by atoms with Crippen molar-refractivity contribution in [3.63, 3.8) is 0 Å². The fraction of sp³-hybridized carbons (Fsp3) is 0.417. The molecule has 2 aliphatic rings. The standard InChI is InChI=1S/C24H26FN5OS/c25-19-7-9-20(10-8-19)30-23(18-11-13-26-14-12-18)27-28-24(30)32-16-22(31)29-15-3-5-17-4-1-2-6-21(17)29/h7-14,17,21H,1-6,15-16H2/t17-,21+/m1/s1. The van der Waals surface area contributed by atoms with Gasteiger partial charge in [0.15, 0.2) is 11.0 Å². The number of amides is 1. The van der Waals surface area contributed by atoms with Crippen LogP contribution in [-0.4, -0.2) is 48.9 Å². The monoisotopic (exact) mass is 451 g/mol. The van der Waals surface area contributed by atoms with Crippen molar-refractivity contribution in [1.29, 1.82) is 0 Å². The van der Waals surface area contributed by atoms with E-state index in [0.29, 0.717) is 28.7 Å². The van der Waals surface area contributed by atoms with E-state index < -0.39 is 0 Å². The van der Waals surface area contributed by atoms with Crippen molar-refractivity contribution in [3.8, 4) is 17.1 Å². The number of likely N-dealkylation sites (tertiary alicyclic amines) is 1. The number of piperidine rings is 1. The van der Waals surface area contributed by atoms with Crippen LogP contribution in [0.2, 0.25) is 0 Å². The number of fused-ring (bicyclic) bond motifs is 1. The Bertz CT molecular complexity index is 1070. The van der Waals surface area contributed by atoms with Gasteiger partial charge in [-0.15, -0.1) is 10.2 Å². The Morgan fingerprint density at radius 2 is 1.75 bits per heavy atom. The Labute approximate surface area is 191 Å². The zero-order valence-electron chi connectivity index (χ0n) is 17.9. The van der Waals surface area contributed by atoms with E-state index in [1.165, 1.54) is 49.6 Å². The minimum Gasteiger partial charge on any atom is -0.339 e. The van der Waals surface area contributed by atoms with E-state index >= 15 is 0 Å². The second kappa shape index (κ2) is 9.40. The number of aromatic nitrogens is 4. The molecule has 3 heterocycles. The van der Waals surface area contributed by atoms with Crippen molar-refractivity contribution in [2.45, 2.75) is 49.7 Å². The van der Waals surface area contributed by atoms with Gasteiger partial charge in [-0.25, -0.2) is 4.39 Å². The van der Waals surface area contributed by atoms with Gasteiger partial charge in [0.1, 0.15) is 5.82 Å². The summed E-state index contributed by atoms with van der Waals surface area (Å²) >= 11 is 1.39. The van der Waals surface area contributed by atoms with Crippen LogP contribution in [-0.2, 0) is 4.79 Å². The summed E-state index contributed by atoms with van der Waals surface area (Å²) in [6.45, 7) is 0.855. The van der Waals surface area contributed by atoms with Gasteiger partial charge in [-0.3, -0.25) is 14.3 Å². The molecule has 0 N–H and O–H groups in total. The van der Waals surface area contributed by atoms with Crippen LogP contribution < -0.4 is 0 Å². The summed E-state index contributed by atoms with van der Waals surface area (Å²) in [5.74, 6) is 1.49. The molecule has 166 valence electrons. The summed E-state index contributed by atoms with van der Waals surface area (Å²) in [6.07, 6.45) is 10.6. The minimum atomic E-state index is -0.302. The van der Waals surface area contributed by atoms with E-state index in [1.807, 2.05) is 16.7 Å². The van der Waals surface area contributed by atoms with Crippen molar-refractivity contribution in [2.24, 2.45) is 5.92 Å². The third-order valence-corrected chi connectivity index (χ3v) is 7.46. The lowest BCUT2D eigenvalue weighted by Crippen LogP contribution is -2.50. The number of thioether (sulfide) groups is 1. The van der Waals surface area contributed by atoms with Gasteiger partial charge in [-0.1, -0.05) is 24.6 Å². The van der Waals surface area contributed by atoms with Gasteiger partial charge in [-0.2, -0.15) is 0 Å². The number of hydrogen-bond acceptors (Lipinski definition) is 5. The van der Waals surface area contributed by atoms with Crippen LogP contribution in [0.15, 0.2) is 53.9 Å². The number of halogens is 1. The van der Waals surface area contributed by atoms with Crippen LogP contribution in [0.4, 0.5) is 4.39 Å². The number of pyridine rings is 1. The zero-order valence-corrected chi connectivity index (χ0v) is 18.7. The van der Waals surface area contributed by atoms with Gasteiger partial charge in [0.25, 0.3) is 0 Å². The second-order valence-corrected chi connectivity index (χ2v) is 9.43. The average molecular weight is 452 g/mol. The number of benzene rings is 1. The topological polar surface area (TPSA) is 63.9 Å². The summed E-state index contributed by atoms with van der Waals surface area (Å²) in [6, 6.07) is 10.4. The lowest BCUT2D eigenvalue weighted by molar-refractivity contribution is -0.134. The summed E-state index contributed by atoms with van der Waals surface area (Å²) in [5, 5.41) is 9.39. The Morgan fingerprint density at radius 3 is 2.56 bits per heavy atom. The highest BCUT2D eigenvalue weighted by Crippen LogP contribution is 2.36. The number of hydrogen-bond donors (Lipinski definition) is 0. The lowest BCUT2D eigenvalue weighted by atomic mass is 9.78. The van der Waals surface area contributed by atoms with Gasteiger partial charge < -0.3 is 4.90 Å². The molecule has 1 saturated heterocycles. The lowest BCUT2D eigenvalue weighted by Gasteiger charge is -2.44. The molecule has 5 rings (SSSR count). The normalized spacial score (nSPS) is 20.7. The Hall–Kier alpha value is -2.74. The van der Waals surface area contributed by atoms with Crippen molar-refractivity contribution in [3.05, 3.63) is 54.6 Å². The maximum atomic E-state index is 13.5. The number of nitrogens with zero attached hydrogens (tertiary/aromatic N) is 5. The van der Waals surface area contributed by atoms with Crippen molar-refractivity contribution in [1.82, 2.24) is 24.6 Å². The van der Waals surface area contributed by atoms with Gasteiger partial charge in [0.05, 0.1) is 5.75 Å². The molecule has 6 nitrogen and oxygen atoms in total. The first-order chi connectivity index (χ1) is 15.7. The van der Waals surface area contributed by atoms with Crippen LogP contribution in [0, 0.1) is 11.7 Å². The third kappa shape index (κ3) is 4.28. The quantitative estimate of drug-likeness (QED) is 0.524. The first kappa shape index (κ1) is 21.1. The molecule has 0 radical (unpaired) electrons. The number of carbonyl (C=O) groups excluding carboxylic acids is 1. The van der Waals surface area contributed by atoms with E-state index in [-0.39, 0.29) is 11.7 Å². The van der Waals surface area contributed by atoms with Gasteiger partial charge in [0, 0.05) is 36.2 Å².